The molecule has 0 aromatic heterocycles. The van der Waals surface area contributed by atoms with Crippen LogP contribution in [0.5, 0.6) is 0 Å². The highest BCUT2D eigenvalue weighted by Crippen LogP contribution is 2.36. The first-order chi connectivity index (χ1) is 11.2. The van der Waals surface area contributed by atoms with Gasteiger partial charge in [-0.15, -0.1) is 11.8 Å². The van der Waals surface area contributed by atoms with E-state index in [9.17, 15) is 4.79 Å². The Morgan fingerprint density at radius 1 is 0.913 bits per heavy atom. The van der Waals surface area contributed by atoms with E-state index < -0.39 is 0 Å². The molecule has 120 valence electrons. The number of hydrogen-bond donors (Lipinski definition) is 0. The van der Waals surface area contributed by atoms with Crippen LogP contribution in [0.15, 0.2) is 65.6 Å². The molecule has 0 aliphatic carbocycles. The molecule has 0 N–H and O–H groups in total. The molecule has 1 heterocycles. The molecule has 1 amide bonds. The smallest absolute Gasteiger partial charge is 0.240 e. The number of rotatable bonds is 4. The Balaban J connectivity index is 1.81. The van der Waals surface area contributed by atoms with Gasteiger partial charge in [-0.1, -0.05) is 48.5 Å². The van der Waals surface area contributed by atoms with Crippen molar-refractivity contribution in [2.45, 2.75) is 10.1 Å². The summed E-state index contributed by atoms with van der Waals surface area (Å²) in [4.78, 5) is 18.5. The van der Waals surface area contributed by atoms with E-state index in [-0.39, 0.29) is 11.2 Å². The van der Waals surface area contributed by atoms with Gasteiger partial charge in [-0.2, -0.15) is 0 Å². The van der Waals surface area contributed by atoms with Gasteiger partial charge in [0.25, 0.3) is 0 Å². The van der Waals surface area contributed by atoms with Crippen molar-refractivity contribution in [1.29, 1.82) is 0 Å². The fraction of sp³-hybridized carbons (Fsp3) is 0.316. The molecule has 0 bridgehead atoms. The number of thioether (sulfide) groups is 1. The summed E-state index contributed by atoms with van der Waals surface area (Å²) in [6.45, 7) is 3.52. The van der Waals surface area contributed by atoms with Gasteiger partial charge in [0.2, 0.25) is 5.91 Å². The Kier molecular flexibility index (Phi) is 5.36. The van der Waals surface area contributed by atoms with Crippen molar-refractivity contribution in [1.82, 2.24) is 9.80 Å². The molecule has 1 aliphatic rings. The van der Waals surface area contributed by atoms with Crippen LogP contribution in [0.2, 0.25) is 0 Å². The summed E-state index contributed by atoms with van der Waals surface area (Å²) in [5.41, 5.74) is 1.07. The van der Waals surface area contributed by atoms with Crippen molar-refractivity contribution in [3.63, 3.8) is 0 Å². The van der Waals surface area contributed by atoms with Gasteiger partial charge in [0.1, 0.15) is 5.25 Å². The quantitative estimate of drug-likeness (QED) is 0.806. The molecular formula is C19H22N2OS. The summed E-state index contributed by atoms with van der Waals surface area (Å²) in [5, 5.41) is -0.179. The fourth-order valence-corrected chi connectivity index (χ4v) is 3.85. The first kappa shape index (κ1) is 16.1. The molecule has 3 nitrogen and oxygen atoms in total. The molecule has 1 fully saturated rings. The van der Waals surface area contributed by atoms with Crippen LogP contribution in [0.25, 0.3) is 0 Å². The Labute approximate surface area is 142 Å². The number of benzene rings is 2. The second kappa shape index (κ2) is 7.66. The van der Waals surface area contributed by atoms with Gasteiger partial charge in [-0.05, 0) is 24.7 Å². The lowest BCUT2D eigenvalue weighted by Gasteiger charge is -2.34. The van der Waals surface area contributed by atoms with Gasteiger partial charge < -0.3 is 9.80 Å². The van der Waals surface area contributed by atoms with E-state index in [2.05, 4.69) is 36.2 Å². The molecule has 0 unspecified atom stereocenters. The highest BCUT2D eigenvalue weighted by Gasteiger charge is 2.28. The van der Waals surface area contributed by atoms with Crippen molar-refractivity contribution in [3.8, 4) is 0 Å². The lowest BCUT2D eigenvalue weighted by molar-refractivity contribution is -0.132. The maximum atomic E-state index is 13.1. The standard InChI is InChI=1S/C19H22N2OS/c1-20-12-14-21(15-13-20)19(22)18(16-8-4-2-5-9-16)23-17-10-6-3-7-11-17/h2-11,18H,12-15H2,1H3/t18-/m1/s1. The van der Waals surface area contributed by atoms with Crippen molar-refractivity contribution in [2.75, 3.05) is 33.2 Å². The van der Waals surface area contributed by atoms with E-state index in [1.807, 2.05) is 41.3 Å². The van der Waals surface area contributed by atoms with Crippen molar-refractivity contribution in [3.05, 3.63) is 66.2 Å². The molecule has 1 atom stereocenters. The molecule has 1 aliphatic heterocycles. The van der Waals surface area contributed by atoms with E-state index >= 15 is 0 Å². The maximum Gasteiger partial charge on any atom is 0.240 e. The summed E-state index contributed by atoms with van der Waals surface area (Å²) < 4.78 is 0. The Bertz CT molecular complexity index is 624. The number of carbonyl (C=O) groups is 1. The minimum Gasteiger partial charge on any atom is -0.339 e. The first-order valence-corrected chi connectivity index (χ1v) is 8.86. The normalized spacial score (nSPS) is 17.0. The van der Waals surface area contributed by atoms with Gasteiger partial charge in [0, 0.05) is 31.1 Å². The summed E-state index contributed by atoms with van der Waals surface area (Å²) >= 11 is 1.64. The molecular weight excluding hydrogens is 304 g/mol. The van der Waals surface area contributed by atoms with Crippen LogP contribution >= 0.6 is 11.8 Å². The number of piperazine rings is 1. The number of likely N-dealkylation sites (N-methyl/N-ethyl adjacent to an activating group) is 1. The van der Waals surface area contributed by atoms with Gasteiger partial charge in [0.05, 0.1) is 0 Å². The van der Waals surface area contributed by atoms with E-state index in [0.29, 0.717) is 0 Å². The van der Waals surface area contributed by atoms with Crippen LogP contribution in [0.3, 0.4) is 0 Å². The van der Waals surface area contributed by atoms with Crippen LogP contribution in [0, 0.1) is 0 Å². The van der Waals surface area contributed by atoms with Crippen LogP contribution < -0.4 is 0 Å². The molecule has 2 aromatic carbocycles. The molecule has 4 heteroatoms. The van der Waals surface area contributed by atoms with E-state index in [4.69, 9.17) is 0 Å². The van der Waals surface area contributed by atoms with Crippen LogP contribution in [-0.4, -0.2) is 48.9 Å². The maximum absolute atomic E-state index is 13.1. The third-order valence-electron chi connectivity index (χ3n) is 4.14. The average Bonchev–Trinajstić information content (AvgIpc) is 2.61. The van der Waals surface area contributed by atoms with Gasteiger partial charge >= 0.3 is 0 Å². The topological polar surface area (TPSA) is 23.6 Å². The van der Waals surface area contributed by atoms with Crippen LogP contribution in [0.1, 0.15) is 10.8 Å². The van der Waals surface area contributed by atoms with E-state index in [0.717, 1.165) is 36.6 Å². The minimum atomic E-state index is -0.179. The van der Waals surface area contributed by atoms with E-state index in [1.165, 1.54) is 0 Å². The molecule has 0 radical (unpaired) electrons. The largest absolute Gasteiger partial charge is 0.339 e. The summed E-state index contributed by atoms with van der Waals surface area (Å²) in [5.74, 6) is 0.221. The third kappa shape index (κ3) is 4.15. The highest BCUT2D eigenvalue weighted by atomic mass is 32.2. The molecule has 1 saturated heterocycles. The Hall–Kier alpha value is -1.78. The zero-order valence-electron chi connectivity index (χ0n) is 13.4. The van der Waals surface area contributed by atoms with Crippen molar-refractivity contribution < 1.29 is 4.79 Å². The van der Waals surface area contributed by atoms with Gasteiger partial charge in [-0.25, -0.2) is 0 Å². The lowest BCUT2D eigenvalue weighted by Crippen LogP contribution is -2.48. The number of nitrogens with zero attached hydrogens (tertiary/aromatic N) is 2. The van der Waals surface area contributed by atoms with Gasteiger partial charge in [-0.3, -0.25) is 4.79 Å². The zero-order chi connectivity index (χ0) is 16.1. The highest BCUT2D eigenvalue weighted by molar-refractivity contribution is 8.00. The monoisotopic (exact) mass is 326 g/mol. The summed E-state index contributed by atoms with van der Waals surface area (Å²) in [6.07, 6.45) is 0. The Morgan fingerprint density at radius 3 is 2.09 bits per heavy atom. The predicted octanol–water partition coefficient (Wildman–Crippen LogP) is 3.29. The van der Waals surface area contributed by atoms with Crippen LogP contribution in [0.4, 0.5) is 0 Å². The second-order valence-corrected chi connectivity index (χ2v) is 7.03. The minimum absolute atomic E-state index is 0.179. The summed E-state index contributed by atoms with van der Waals surface area (Å²) in [6, 6.07) is 20.3. The zero-order valence-corrected chi connectivity index (χ0v) is 14.2. The predicted molar refractivity (Wildman–Crippen MR) is 95.6 cm³/mol. The summed E-state index contributed by atoms with van der Waals surface area (Å²) in [7, 11) is 2.11. The third-order valence-corrected chi connectivity index (χ3v) is 5.39. The Morgan fingerprint density at radius 2 is 1.48 bits per heavy atom. The number of hydrogen-bond acceptors (Lipinski definition) is 3. The number of carbonyl (C=O) groups excluding carboxylic acids is 1. The molecule has 2 aromatic rings. The molecule has 23 heavy (non-hydrogen) atoms. The average molecular weight is 326 g/mol. The number of amides is 1. The van der Waals surface area contributed by atoms with Crippen molar-refractivity contribution >= 4 is 17.7 Å². The second-order valence-electron chi connectivity index (χ2n) is 5.85. The molecule has 0 spiro atoms. The molecule has 3 rings (SSSR count). The lowest BCUT2D eigenvalue weighted by atomic mass is 10.1. The van der Waals surface area contributed by atoms with Gasteiger partial charge in [0.15, 0.2) is 0 Å². The van der Waals surface area contributed by atoms with Crippen LogP contribution in [-0.2, 0) is 4.79 Å². The van der Waals surface area contributed by atoms with Crippen molar-refractivity contribution in [2.24, 2.45) is 0 Å². The first-order valence-electron chi connectivity index (χ1n) is 7.98. The molecule has 0 saturated carbocycles. The fourth-order valence-electron chi connectivity index (χ4n) is 2.72. The van der Waals surface area contributed by atoms with E-state index in [1.54, 1.807) is 11.8 Å². The SMILES string of the molecule is CN1CCN(C(=O)[C@H](Sc2ccccc2)c2ccccc2)CC1.